The lowest BCUT2D eigenvalue weighted by Crippen LogP contribution is -2.50. The highest BCUT2D eigenvalue weighted by Crippen LogP contribution is 1.70. The fourth-order valence-corrected chi connectivity index (χ4v) is 0.511. The molecule has 0 aromatic heterocycles. The van der Waals surface area contributed by atoms with Crippen LogP contribution in [0.3, 0.4) is 0 Å². The van der Waals surface area contributed by atoms with Crippen LogP contribution in [-0.2, 0) is 9.59 Å². The summed E-state index contributed by atoms with van der Waals surface area (Å²) in [6, 6.07) is 0. The predicted molar refractivity (Wildman–Crippen MR) is 36.1 cm³/mol. The lowest BCUT2D eigenvalue weighted by atomic mass is 10.4. The molecule has 0 fully saturated rings. The molecule has 0 aliphatic rings. The third kappa shape index (κ3) is 3.16. The summed E-state index contributed by atoms with van der Waals surface area (Å²) in [5.74, 6) is -0.524. The van der Waals surface area contributed by atoms with E-state index in [1.807, 2.05) is 0 Å². The monoisotopic (exact) mass is 145 g/mol. The number of nitrogens with two attached hydrogens (primary N) is 1. The summed E-state index contributed by atoms with van der Waals surface area (Å²) in [6.45, 7) is 0.119. The van der Waals surface area contributed by atoms with Gasteiger partial charge in [-0.1, -0.05) is 0 Å². The van der Waals surface area contributed by atoms with Gasteiger partial charge in [0.05, 0.1) is 6.54 Å². The van der Waals surface area contributed by atoms with Gasteiger partial charge in [0.2, 0.25) is 5.91 Å². The molecule has 0 radical (unpaired) electrons. The summed E-state index contributed by atoms with van der Waals surface area (Å²) in [5, 5.41) is 5.16. The zero-order valence-corrected chi connectivity index (χ0v) is 5.76. The predicted octanol–water partition coefficient (Wildman–Crippen LogP) is -2.19. The Morgan fingerprint density at radius 1 is 1.80 bits per heavy atom. The number of hydrogen-bond acceptors (Lipinski definition) is 4. The van der Waals surface area contributed by atoms with E-state index in [9.17, 15) is 9.59 Å². The highest BCUT2D eigenvalue weighted by atomic mass is 16.1. The molecule has 0 saturated heterocycles. The van der Waals surface area contributed by atoms with Gasteiger partial charge < -0.3 is 10.5 Å². The molecule has 0 heterocycles. The van der Waals surface area contributed by atoms with Crippen molar-refractivity contribution in [1.29, 1.82) is 0 Å². The van der Waals surface area contributed by atoms with Crippen molar-refractivity contribution in [2.45, 2.75) is 6.17 Å². The van der Waals surface area contributed by atoms with Crippen molar-refractivity contribution < 1.29 is 9.59 Å². The van der Waals surface area contributed by atoms with Crippen LogP contribution >= 0.6 is 0 Å². The standard InChI is InChI=1S/C5H11N3O2/c1-7-5(4(6)10)8-2-3-9/h3,5,7-8H,2H2,1H3,(H2,6,10). The summed E-state index contributed by atoms with van der Waals surface area (Å²) in [5.41, 5.74) is 4.91. The van der Waals surface area contributed by atoms with Crippen LogP contribution in [0.5, 0.6) is 0 Å². The molecule has 5 nitrogen and oxygen atoms in total. The van der Waals surface area contributed by atoms with E-state index in [4.69, 9.17) is 5.73 Å². The summed E-state index contributed by atoms with van der Waals surface area (Å²) < 4.78 is 0. The molecule has 4 N–H and O–H groups in total. The van der Waals surface area contributed by atoms with E-state index in [1.165, 1.54) is 0 Å². The molecular formula is C5H11N3O2. The minimum Gasteiger partial charge on any atom is -0.367 e. The molecule has 0 aromatic carbocycles. The smallest absolute Gasteiger partial charge is 0.249 e. The lowest BCUT2D eigenvalue weighted by molar-refractivity contribution is -0.120. The number of amides is 1. The van der Waals surface area contributed by atoms with Gasteiger partial charge in [0.15, 0.2) is 0 Å². The van der Waals surface area contributed by atoms with Crippen molar-refractivity contribution in [3.63, 3.8) is 0 Å². The molecule has 0 aliphatic carbocycles. The topological polar surface area (TPSA) is 84.2 Å². The van der Waals surface area contributed by atoms with Crippen LogP contribution in [0.15, 0.2) is 0 Å². The lowest BCUT2D eigenvalue weighted by Gasteiger charge is -2.10. The quantitative estimate of drug-likeness (QED) is 0.303. The van der Waals surface area contributed by atoms with Crippen LogP contribution in [0.4, 0.5) is 0 Å². The van der Waals surface area contributed by atoms with Gasteiger partial charge in [-0.05, 0) is 7.05 Å². The highest BCUT2D eigenvalue weighted by Gasteiger charge is 2.09. The van der Waals surface area contributed by atoms with Crippen LogP contribution in [0.25, 0.3) is 0 Å². The zero-order chi connectivity index (χ0) is 7.98. The van der Waals surface area contributed by atoms with Crippen LogP contribution in [-0.4, -0.2) is 32.0 Å². The average molecular weight is 145 g/mol. The Morgan fingerprint density at radius 3 is 2.70 bits per heavy atom. The number of likely N-dealkylation sites (N-methyl/N-ethyl adjacent to an activating group) is 1. The summed E-state index contributed by atoms with van der Waals surface area (Å²) >= 11 is 0. The number of carbonyl (C=O) groups excluding carboxylic acids is 2. The minimum atomic E-state index is -0.620. The van der Waals surface area contributed by atoms with Gasteiger partial charge in [0, 0.05) is 0 Å². The van der Waals surface area contributed by atoms with Crippen molar-refractivity contribution in [3.05, 3.63) is 0 Å². The first-order chi connectivity index (χ1) is 4.72. The van der Waals surface area contributed by atoms with Crippen molar-refractivity contribution >= 4 is 12.2 Å². The maximum atomic E-state index is 10.4. The number of nitrogens with one attached hydrogen (secondary N) is 2. The summed E-state index contributed by atoms with van der Waals surface area (Å²) in [4.78, 5) is 20.2. The van der Waals surface area contributed by atoms with E-state index < -0.39 is 12.1 Å². The Kier molecular flexibility index (Phi) is 4.43. The molecule has 0 spiro atoms. The molecule has 1 atom stereocenters. The second-order valence-electron chi connectivity index (χ2n) is 1.70. The van der Waals surface area contributed by atoms with Gasteiger partial charge in [-0.3, -0.25) is 15.4 Å². The third-order valence-electron chi connectivity index (χ3n) is 0.979. The summed E-state index contributed by atoms with van der Waals surface area (Å²) in [6.07, 6.45) is 0.0398. The molecule has 0 aliphatic heterocycles. The van der Waals surface area contributed by atoms with Gasteiger partial charge in [-0.2, -0.15) is 0 Å². The Labute approximate surface area is 59.0 Å². The van der Waals surface area contributed by atoms with Crippen LogP contribution in [0, 0.1) is 0 Å². The number of rotatable bonds is 5. The van der Waals surface area contributed by atoms with Crippen molar-refractivity contribution in [3.8, 4) is 0 Å². The molecule has 58 valence electrons. The second kappa shape index (κ2) is 4.89. The van der Waals surface area contributed by atoms with Crippen molar-refractivity contribution in [2.75, 3.05) is 13.6 Å². The number of hydrogen-bond donors (Lipinski definition) is 3. The van der Waals surface area contributed by atoms with E-state index in [2.05, 4.69) is 10.6 Å². The average Bonchev–Trinajstić information content (AvgIpc) is 1.89. The minimum absolute atomic E-state index is 0.119. The Morgan fingerprint density at radius 2 is 2.40 bits per heavy atom. The molecule has 0 aromatic rings. The maximum absolute atomic E-state index is 10.4. The molecule has 1 unspecified atom stereocenters. The molecule has 10 heavy (non-hydrogen) atoms. The van der Waals surface area contributed by atoms with Crippen molar-refractivity contribution in [1.82, 2.24) is 10.6 Å². The Hall–Kier alpha value is -0.940. The van der Waals surface area contributed by atoms with Crippen LogP contribution < -0.4 is 16.4 Å². The van der Waals surface area contributed by atoms with Gasteiger partial charge in [-0.25, -0.2) is 0 Å². The van der Waals surface area contributed by atoms with Gasteiger partial charge >= 0.3 is 0 Å². The van der Waals surface area contributed by atoms with Gasteiger partial charge in [0.25, 0.3) is 0 Å². The van der Waals surface area contributed by atoms with E-state index in [1.54, 1.807) is 7.05 Å². The van der Waals surface area contributed by atoms with Gasteiger partial charge in [0.1, 0.15) is 12.5 Å². The Balaban J connectivity index is 3.60. The largest absolute Gasteiger partial charge is 0.367 e. The fraction of sp³-hybridized carbons (Fsp3) is 0.600. The van der Waals surface area contributed by atoms with Crippen LogP contribution in [0.2, 0.25) is 0 Å². The molecule has 0 saturated carbocycles. The number of aldehydes is 1. The van der Waals surface area contributed by atoms with Crippen molar-refractivity contribution in [2.24, 2.45) is 5.73 Å². The zero-order valence-electron chi connectivity index (χ0n) is 5.76. The van der Waals surface area contributed by atoms with E-state index in [0.717, 1.165) is 0 Å². The first-order valence-electron chi connectivity index (χ1n) is 2.86. The number of primary amides is 1. The first-order valence-corrected chi connectivity index (χ1v) is 2.86. The maximum Gasteiger partial charge on any atom is 0.249 e. The normalized spacial score (nSPS) is 12.5. The molecular weight excluding hydrogens is 134 g/mol. The third-order valence-corrected chi connectivity index (χ3v) is 0.979. The molecule has 1 amide bonds. The fourth-order valence-electron chi connectivity index (χ4n) is 0.511. The highest BCUT2D eigenvalue weighted by molar-refractivity contribution is 5.79. The van der Waals surface area contributed by atoms with E-state index in [-0.39, 0.29) is 6.54 Å². The molecule has 5 heteroatoms. The molecule has 0 rings (SSSR count). The first kappa shape index (κ1) is 9.06. The summed E-state index contributed by atoms with van der Waals surface area (Å²) in [7, 11) is 1.58. The van der Waals surface area contributed by atoms with Gasteiger partial charge in [-0.15, -0.1) is 0 Å². The van der Waals surface area contributed by atoms with Crippen LogP contribution in [0.1, 0.15) is 0 Å². The van der Waals surface area contributed by atoms with E-state index >= 15 is 0 Å². The SMILES string of the molecule is CNC(NCC=O)C(N)=O. The number of carbonyl (C=O) groups is 2. The second-order valence-corrected chi connectivity index (χ2v) is 1.70. The Bertz CT molecular complexity index is 126. The van der Waals surface area contributed by atoms with E-state index in [0.29, 0.717) is 6.29 Å². The molecule has 0 bridgehead atoms.